The minimum absolute atomic E-state index is 0.367. The lowest BCUT2D eigenvalue weighted by atomic mass is 9.88. The highest BCUT2D eigenvalue weighted by Gasteiger charge is 2.41. The number of aryl methyl sites for hydroxylation is 3. The lowest BCUT2D eigenvalue weighted by Gasteiger charge is -2.26. The van der Waals surface area contributed by atoms with Gasteiger partial charge in [-0.1, -0.05) is 6.07 Å². The molecule has 164 valence electrons. The lowest BCUT2D eigenvalue weighted by molar-refractivity contribution is 0.533. The summed E-state index contributed by atoms with van der Waals surface area (Å²) in [5.74, 6) is 2.73. The summed E-state index contributed by atoms with van der Waals surface area (Å²) in [6.45, 7) is 3.95. The Morgan fingerprint density at radius 2 is 1.71 bits per heavy atom. The van der Waals surface area contributed by atoms with Crippen molar-refractivity contribution in [3.63, 3.8) is 0 Å². The molecule has 1 aliphatic carbocycles. The van der Waals surface area contributed by atoms with Crippen LogP contribution in [0.15, 0.2) is 27.5 Å². The van der Waals surface area contributed by atoms with Crippen LogP contribution < -0.4 is 9.80 Å². The van der Waals surface area contributed by atoms with Gasteiger partial charge in [0.05, 0.1) is 16.5 Å². The first-order valence-electron chi connectivity index (χ1n) is 10.9. The molecule has 4 heterocycles. The first-order chi connectivity index (χ1) is 14.8. The van der Waals surface area contributed by atoms with Crippen LogP contribution >= 0.6 is 0 Å². The highest BCUT2D eigenvalue weighted by molar-refractivity contribution is 7.92. The maximum Gasteiger partial charge on any atom is 0.227 e. The molecule has 0 amide bonds. The monoisotopic (exact) mass is 457 g/mol. The fourth-order valence-corrected chi connectivity index (χ4v) is 7.22. The van der Waals surface area contributed by atoms with Crippen LogP contribution in [0.3, 0.4) is 0 Å². The van der Waals surface area contributed by atoms with Crippen LogP contribution in [0.2, 0.25) is 0 Å². The molecule has 7 nitrogen and oxygen atoms in total. The Morgan fingerprint density at radius 1 is 1.00 bits per heavy atom. The molecule has 0 bridgehead atoms. The first-order valence-corrected chi connectivity index (χ1v) is 14.6. The zero-order chi connectivity index (χ0) is 21.3. The van der Waals surface area contributed by atoms with Crippen LogP contribution in [0.5, 0.6) is 0 Å². The zero-order valence-electron chi connectivity index (χ0n) is 17.9. The van der Waals surface area contributed by atoms with Crippen molar-refractivity contribution in [3.8, 4) is 0 Å². The Morgan fingerprint density at radius 3 is 2.35 bits per heavy atom. The predicted octanol–water partition coefficient (Wildman–Crippen LogP) is 2.17. The summed E-state index contributed by atoms with van der Waals surface area (Å²) in [7, 11) is -3.54. The largest absolute Gasteiger partial charge is 0.371 e. The molecule has 2 fully saturated rings. The maximum atomic E-state index is 12.4. The number of hydrogen-bond donors (Lipinski definition) is 0. The van der Waals surface area contributed by atoms with Crippen molar-refractivity contribution in [3.05, 3.63) is 35.0 Å². The standard InChI is InChI=1S/C22H27N5O2S2/c1-31(2,29)25-21-20-19(7-8-30(20)28)23-22(24-21)27-12-16-10-26(11-17(16)13-27)18-6-5-14-3-4-15(14)9-18/h5-6,9,16-17H,3-4,7-8,10-13H2,1-2H3/t16-,17+,30-/m1/s1. The fraction of sp³-hybridized carbons (Fsp3) is 0.545. The second-order valence-corrected chi connectivity index (χ2v) is 13.5. The number of benzene rings is 1. The van der Waals surface area contributed by atoms with Gasteiger partial charge in [-0.25, -0.2) is 9.19 Å². The number of hydrogen-bond acceptors (Lipinski definition) is 7. The first kappa shape index (κ1) is 19.7. The number of nitrogens with zero attached hydrogens (tertiary/aromatic N) is 5. The van der Waals surface area contributed by atoms with Crippen LogP contribution in [0.1, 0.15) is 16.8 Å². The van der Waals surface area contributed by atoms with E-state index in [-0.39, 0.29) is 0 Å². The molecule has 1 aromatic heterocycles. The third-order valence-corrected chi connectivity index (χ3v) is 9.01. The minimum atomic E-state index is -2.39. The molecule has 2 aromatic rings. The fourth-order valence-electron chi connectivity index (χ4n) is 5.32. The van der Waals surface area contributed by atoms with Gasteiger partial charge in [-0.05, 0) is 36.1 Å². The summed E-state index contributed by atoms with van der Waals surface area (Å²) in [4.78, 5) is 14.8. The molecule has 1 aromatic carbocycles. The van der Waals surface area contributed by atoms with Crippen molar-refractivity contribution in [2.24, 2.45) is 16.2 Å². The van der Waals surface area contributed by atoms with E-state index in [4.69, 9.17) is 4.98 Å². The molecule has 0 radical (unpaired) electrons. The van der Waals surface area contributed by atoms with E-state index < -0.39 is 20.5 Å². The van der Waals surface area contributed by atoms with Crippen LogP contribution in [0.4, 0.5) is 17.5 Å². The van der Waals surface area contributed by atoms with Crippen molar-refractivity contribution in [2.45, 2.75) is 24.2 Å². The Hall–Kier alpha value is -2.00. The predicted molar refractivity (Wildman–Crippen MR) is 124 cm³/mol. The van der Waals surface area contributed by atoms with Crippen molar-refractivity contribution in [1.82, 2.24) is 9.97 Å². The second kappa shape index (κ2) is 7.00. The average molecular weight is 458 g/mol. The van der Waals surface area contributed by atoms with Gasteiger partial charge in [0, 0.05) is 78.1 Å². The summed E-state index contributed by atoms with van der Waals surface area (Å²) in [6.07, 6.45) is 6.29. The molecule has 0 N–H and O–H groups in total. The smallest absolute Gasteiger partial charge is 0.227 e. The van der Waals surface area contributed by atoms with Crippen LogP contribution in [0, 0.1) is 11.8 Å². The van der Waals surface area contributed by atoms with Gasteiger partial charge in [-0.15, -0.1) is 0 Å². The number of aromatic nitrogens is 2. The van der Waals surface area contributed by atoms with Gasteiger partial charge in [-0.3, -0.25) is 4.21 Å². The Balaban J connectivity index is 1.24. The van der Waals surface area contributed by atoms with E-state index >= 15 is 0 Å². The van der Waals surface area contributed by atoms with E-state index in [1.54, 1.807) is 12.5 Å². The van der Waals surface area contributed by atoms with E-state index in [2.05, 4.69) is 37.3 Å². The van der Waals surface area contributed by atoms with E-state index in [1.165, 1.54) is 29.7 Å². The van der Waals surface area contributed by atoms with E-state index in [9.17, 15) is 8.42 Å². The van der Waals surface area contributed by atoms with Gasteiger partial charge >= 0.3 is 0 Å². The van der Waals surface area contributed by atoms with Crippen molar-refractivity contribution in [2.75, 3.05) is 54.2 Å². The average Bonchev–Trinajstić information content (AvgIpc) is 3.35. The van der Waals surface area contributed by atoms with E-state index in [0.29, 0.717) is 40.7 Å². The molecular weight excluding hydrogens is 430 g/mol. The molecule has 3 aliphatic heterocycles. The SMILES string of the molecule is CS(C)(=O)=Nc1nc(N2C[C@H]3CN(c4ccc5c(c4)CC5)C[C@H]3C2)nc2c1[S@](=O)CC2. The maximum absolute atomic E-state index is 12.4. The van der Waals surface area contributed by atoms with Crippen LogP contribution in [0.25, 0.3) is 0 Å². The highest BCUT2D eigenvalue weighted by Crippen LogP contribution is 2.38. The van der Waals surface area contributed by atoms with Gasteiger partial charge < -0.3 is 9.80 Å². The second-order valence-electron chi connectivity index (χ2n) is 9.48. The minimum Gasteiger partial charge on any atom is -0.371 e. The van der Waals surface area contributed by atoms with Crippen molar-refractivity contribution < 1.29 is 8.42 Å². The number of anilines is 2. The Kier molecular flexibility index (Phi) is 4.44. The molecule has 0 saturated carbocycles. The normalized spacial score (nSPS) is 26.5. The third kappa shape index (κ3) is 3.46. The lowest BCUT2D eigenvalue weighted by Crippen LogP contribution is -2.30. The van der Waals surface area contributed by atoms with Crippen molar-refractivity contribution >= 4 is 38.0 Å². The van der Waals surface area contributed by atoms with Crippen LogP contribution in [-0.4, -0.2) is 62.8 Å². The molecule has 31 heavy (non-hydrogen) atoms. The molecule has 2 saturated heterocycles. The molecule has 0 spiro atoms. The van der Waals surface area contributed by atoms with E-state index in [0.717, 1.165) is 31.9 Å². The van der Waals surface area contributed by atoms with Gasteiger partial charge in [-0.2, -0.15) is 9.35 Å². The van der Waals surface area contributed by atoms with Crippen molar-refractivity contribution in [1.29, 1.82) is 0 Å². The number of rotatable bonds is 3. The summed E-state index contributed by atoms with van der Waals surface area (Å²) in [5.41, 5.74) is 5.19. The molecule has 4 aliphatic rings. The van der Waals surface area contributed by atoms with Gasteiger partial charge in [0.2, 0.25) is 5.95 Å². The molecule has 6 rings (SSSR count). The summed E-state index contributed by atoms with van der Waals surface area (Å²) in [5, 5.41) is 0. The summed E-state index contributed by atoms with van der Waals surface area (Å²) in [6, 6.07) is 6.95. The number of fused-ring (bicyclic) bond motifs is 3. The van der Waals surface area contributed by atoms with E-state index in [1.807, 2.05) is 0 Å². The van der Waals surface area contributed by atoms with Gasteiger partial charge in [0.15, 0.2) is 5.82 Å². The molecule has 9 heteroatoms. The van der Waals surface area contributed by atoms with Gasteiger partial charge in [0.25, 0.3) is 0 Å². The zero-order valence-corrected chi connectivity index (χ0v) is 19.5. The van der Waals surface area contributed by atoms with Gasteiger partial charge in [0.1, 0.15) is 4.90 Å². The summed E-state index contributed by atoms with van der Waals surface area (Å²) < 4.78 is 29.1. The quantitative estimate of drug-likeness (QED) is 0.703. The highest BCUT2D eigenvalue weighted by atomic mass is 32.2. The molecule has 3 atom stereocenters. The molecular formula is C22H27N5O2S2. The van der Waals surface area contributed by atoms with Crippen LogP contribution in [-0.2, 0) is 39.8 Å². The summed E-state index contributed by atoms with van der Waals surface area (Å²) >= 11 is 0. The Labute approximate surface area is 185 Å². The third-order valence-electron chi connectivity index (χ3n) is 6.95. The topological polar surface area (TPSA) is 78.8 Å². The Bertz CT molecular complexity index is 1210. The molecule has 0 unspecified atom stereocenters.